The molecule has 1 aromatic rings. The van der Waals surface area contributed by atoms with Gasteiger partial charge in [-0.25, -0.2) is 0 Å². The summed E-state index contributed by atoms with van der Waals surface area (Å²) in [5.74, 6) is -0.695. The molecule has 6 nitrogen and oxygen atoms in total. The lowest BCUT2D eigenvalue weighted by atomic mass is 9.83. The van der Waals surface area contributed by atoms with Crippen molar-refractivity contribution in [2.75, 3.05) is 19.6 Å². The van der Waals surface area contributed by atoms with Gasteiger partial charge in [0.15, 0.2) is 0 Å². The van der Waals surface area contributed by atoms with Crippen LogP contribution in [0, 0.1) is 5.92 Å². The van der Waals surface area contributed by atoms with Crippen LogP contribution in [-0.2, 0) is 4.79 Å². The van der Waals surface area contributed by atoms with Crippen LogP contribution in [0.2, 0.25) is 6.32 Å². The Morgan fingerprint density at radius 2 is 1.97 bits per heavy atom. The van der Waals surface area contributed by atoms with E-state index >= 15 is 0 Å². The predicted molar refractivity (Wildman–Crippen MR) is 120 cm³/mol. The molecule has 0 spiro atoms. The molecule has 29 heavy (non-hydrogen) atoms. The molecule has 0 amide bonds. The molecule has 1 aliphatic heterocycles. The Morgan fingerprint density at radius 1 is 1.31 bits per heavy atom. The van der Waals surface area contributed by atoms with Gasteiger partial charge in [0.05, 0.1) is 0 Å². The van der Waals surface area contributed by atoms with Gasteiger partial charge in [0.2, 0.25) is 0 Å². The number of rotatable bonds is 12. The number of likely N-dealkylation sites (tertiary alicyclic amines) is 1. The summed E-state index contributed by atoms with van der Waals surface area (Å²) in [5.41, 5.74) is 1.34. The predicted octanol–water partition coefficient (Wildman–Crippen LogP) is 3.18. The number of carbonyl (C=O) groups is 1. The number of hydrogen-bond acceptors (Lipinski definition) is 6. The molecule has 0 saturated carbocycles. The van der Waals surface area contributed by atoms with Gasteiger partial charge in [-0.15, -0.1) is 0 Å². The van der Waals surface area contributed by atoms with Gasteiger partial charge >= 0.3 is 13.1 Å². The lowest BCUT2D eigenvalue weighted by molar-refractivity contribution is -0.141. The van der Waals surface area contributed by atoms with Gasteiger partial charge in [-0.3, -0.25) is 14.4 Å². The van der Waals surface area contributed by atoms with E-state index in [2.05, 4.69) is 40.8 Å². The first-order chi connectivity index (χ1) is 13.9. The van der Waals surface area contributed by atoms with Crippen molar-refractivity contribution in [1.82, 2.24) is 9.62 Å². The summed E-state index contributed by atoms with van der Waals surface area (Å²) in [6, 6.07) is 11.0. The molecule has 1 fully saturated rings. The number of carboxylic acid groups (broad SMARTS) is 1. The summed E-state index contributed by atoms with van der Waals surface area (Å²) in [4.78, 5) is 14.6. The van der Waals surface area contributed by atoms with Crippen molar-refractivity contribution in [1.29, 1.82) is 0 Å². The van der Waals surface area contributed by atoms with Crippen molar-refractivity contribution < 1.29 is 19.9 Å². The monoisotopic (exact) mass is 422 g/mol. The fraction of sp³-hybridized carbons (Fsp3) is 0.667. The minimum absolute atomic E-state index is 0.0928. The van der Waals surface area contributed by atoms with Crippen molar-refractivity contribution in [3.05, 3.63) is 35.9 Å². The molecule has 162 valence electrons. The molecule has 4 N–H and O–H groups in total. The molecular weight excluding hydrogens is 387 g/mol. The second-order valence-electron chi connectivity index (χ2n) is 8.06. The highest BCUT2D eigenvalue weighted by atomic mass is 32.2. The van der Waals surface area contributed by atoms with Crippen LogP contribution in [0.5, 0.6) is 0 Å². The van der Waals surface area contributed by atoms with E-state index in [9.17, 15) is 9.90 Å². The molecule has 8 heteroatoms. The standard InChI is InChI=1S/C21H35BN2O4S/c1-3-8-19(17-9-5-4-6-10-17)24-15-11-18(12-16-24)21(2,20(25)26)29-23-14-7-13-22(27)28/h4-6,9-10,18-19,23,27-28H,3,7-8,11-16H2,1-2H3,(H,25,26). The van der Waals surface area contributed by atoms with Crippen LogP contribution in [0.4, 0.5) is 0 Å². The van der Waals surface area contributed by atoms with Gasteiger partial charge in [0.1, 0.15) is 4.75 Å². The molecule has 0 bridgehead atoms. The highest BCUT2D eigenvalue weighted by Crippen LogP contribution is 2.40. The third kappa shape index (κ3) is 7.00. The van der Waals surface area contributed by atoms with Crippen molar-refractivity contribution in [3.63, 3.8) is 0 Å². The van der Waals surface area contributed by atoms with Crippen LogP contribution in [0.15, 0.2) is 30.3 Å². The van der Waals surface area contributed by atoms with Crippen LogP contribution in [0.1, 0.15) is 57.6 Å². The van der Waals surface area contributed by atoms with E-state index in [4.69, 9.17) is 10.0 Å². The first kappa shape index (κ1) is 24.2. The third-order valence-corrected chi connectivity index (χ3v) is 7.23. The van der Waals surface area contributed by atoms with E-state index in [-0.39, 0.29) is 12.2 Å². The van der Waals surface area contributed by atoms with Crippen LogP contribution in [0.25, 0.3) is 0 Å². The largest absolute Gasteiger partial charge is 0.480 e. The van der Waals surface area contributed by atoms with E-state index in [0.717, 1.165) is 38.8 Å². The van der Waals surface area contributed by atoms with Crippen LogP contribution in [0.3, 0.4) is 0 Å². The number of nitrogens with one attached hydrogen (secondary N) is 1. The van der Waals surface area contributed by atoms with Crippen LogP contribution >= 0.6 is 11.9 Å². The Hall–Kier alpha value is -1.06. The van der Waals surface area contributed by atoms with Crippen molar-refractivity contribution in [3.8, 4) is 0 Å². The minimum Gasteiger partial charge on any atom is -0.480 e. The molecule has 0 aromatic heterocycles. The summed E-state index contributed by atoms with van der Waals surface area (Å²) < 4.78 is 2.25. The molecule has 1 aliphatic rings. The summed E-state index contributed by atoms with van der Waals surface area (Å²) in [5, 5.41) is 27.7. The highest BCUT2D eigenvalue weighted by Gasteiger charge is 2.44. The maximum atomic E-state index is 12.1. The Balaban J connectivity index is 1.94. The summed E-state index contributed by atoms with van der Waals surface area (Å²) in [6.45, 7) is 6.39. The highest BCUT2D eigenvalue weighted by molar-refractivity contribution is 7.99. The molecule has 2 rings (SSSR count). The molecule has 0 radical (unpaired) electrons. The Morgan fingerprint density at radius 3 is 2.52 bits per heavy atom. The first-order valence-corrected chi connectivity index (χ1v) is 11.5. The molecule has 2 unspecified atom stereocenters. The Labute approximate surface area is 179 Å². The number of aliphatic carboxylic acids is 1. The number of hydrogen-bond donors (Lipinski definition) is 4. The lowest BCUT2D eigenvalue weighted by Gasteiger charge is -2.42. The van der Waals surface area contributed by atoms with Gasteiger partial charge in [0.25, 0.3) is 0 Å². The van der Waals surface area contributed by atoms with E-state index in [1.165, 1.54) is 17.5 Å². The zero-order valence-corrected chi connectivity index (χ0v) is 18.4. The maximum absolute atomic E-state index is 12.1. The average molecular weight is 422 g/mol. The lowest BCUT2D eigenvalue weighted by Crippen LogP contribution is -2.48. The van der Waals surface area contributed by atoms with Crippen molar-refractivity contribution >= 4 is 25.0 Å². The maximum Gasteiger partial charge on any atom is 0.451 e. The number of nitrogens with zero attached hydrogens (tertiary/aromatic N) is 1. The van der Waals surface area contributed by atoms with Gasteiger partial charge in [-0.05, 0) is 63.5 Å². The second-order valence-corrected chi connectivity index (χ2v) is 9.40. The Bertz CT molecular complexity index is 614. The van der Waals surface area contributed by atoms with Crippen LogP contribution < -0.4 is 4.72 Å². The van der Waals surface area contributed by atoms with E-state index < -0.39 is 17.8 Å². The fourth-order valence-corrected chi connectivity index (χ4v) is 5.17. The zero-order chi connectivity index (χ0) is 21.3. The van der Waals surface area contributed by atoms with Gasteiger partial charge in [-0.2, -0.15) is 0 Å². The second kappa shape index (κ2) is 12.0. The summed E-state index contributed by atoms with van der Waals surface area (Å²) in [6.07, 6.45) is 4.83. The van der Waals surface area contributed by atoms with Crippen molar-refractivity contribution in [2.24, 2.45) is 5.92 Å². The molecular formula is C21H35BN2O4S. The van der Waals surface area contributed by atoms with Gasteiger partial charge < -0.3 is 15.2 Å². The summed E-state index contributed by atoms with van der Waals surface area (Å²) in [7, 11) is -1.31. The molecule has 1 saturated heterocycles. The van der Waals surface area contributed by atoms with E-state index in [1.54, 1.807) is 0 Å². The quantitative estimate of drug-likeness (QED) is 0.234. The number of piperidine rings is 1. The number of benzene rings is 1. The van der Waals surface area contributed by atoms with E-state index in [0.29, 0.717) is 19.0 Å². The third-order valence-electron chi connectivity index (χ3n) is 5.95. The summed E-state index contributed by atoms with van der Waals surface area (Å²) >= 11 is 1.28. The molecule has 1 heterocycles. The number of carboxylic acids is 1. The fourth-order valence-electron chi connectivity index (χ4n) is 4.13. The smallest absolute Gasteiger partial charge is 0.451 e. The molecule has 0 aliphatic carbocycles. The minimum atomic E-state index is -1.31. The average Bonchev–Trinajstić information content (AvgIpc) is 2.72. The molecule has 2 atom stereocenters. The van der Waals surface area contributed by atoms with Crippen molar-refractivity contribution in [2.45, 2.75) is 63.1 Å². The van der Waals surface area contributed by atoms with E-state index in [1.807, 2.05) is 13.0 Å². The molecule has 1 aromatic carbocycles. The first-order valence-electron chi connectivity index (χ1n) is 10.7. The van der Waals surface area contributed by atoms with Crippen LogP contribution in [-0.4, -0.2) is 57.5 Å². The normalized spacial score (nSPS) is 18.9. The Kier molecular flexibility index (Phi) is 9.99. The van der Waals surface area contributed by atoms with Gasteiger partial charge in [-0.1, -0.05) is 55.6 Å². The zero-order valence-electron chi connectivity index (χ0n) is 17.6. The SMILES string of the molecule is CCCC(c1ccccc1)N1CCC(C(C)(SNCCCB(O)O)C(=O)O)CC1. The van der Waals surface area contributed by atoms with Gasteiger partial charge in [0, 0.05) is 12.6 Å². The topological polar surface area (TPSA) is 93.0 Å².